The largest absolute Gasteiger partial charge is 0.490 e. The molecule has 162 valence electrons. The van der Waals surface area contributed by atoms with Crippen molar-refractivity contribution in [3.8, 4) is 17.6 Å². The van der Waals surface area contributed by atoms with Gasteiger partial charge in [0.15, 0.2) is 11.5 Å². The van der Waals surface area contributed by atoms with E-state index >= 15 is 0 Å². The third-order valence-electron chi connectivity index (χ3n) is 5.19. The Kier molecular flexibility index (Phi) is 8.05. The molecule has 1 aliphatic carbocycles. The van der Waals surface area contributed by atoms with E-state index in [1.807, 2.05) is 13.0 Å². The number of rotatable bonds is 8. The molecule has 6 heteroatoms. The number of ether oxygens (including phenoxy) is 2. The maximum Gasteiger partial charge on any atom is 0.262 e. The molecule has 0 saturated heterocycles. The molecule has 1 amide bonds. The van der Waals surface area contributed by atoms with Crippen molar-refractivity contribution in [2.24, 2.45) is 0 Å². The standard InChI is InChI=1S/C25H27FN2O3/c1-2-30-24-15-19(10-13-23(24)31-17-18-8-11-21(26)12-9-18)14-20(16-27)25(29)28-22-6-4-3-5-7-22/h8-15,22H,2-7,17H2,1H3,(H,28,29)/b20-14+. The summed E-state index contributed by atoms with van der Waals surface area (Å²) in [5.74, 6) is 0.413. The number of halogens is 1. The van der Waals surface area contributed by atoms with Crippen LogP contribution < -0.4 is 14.8 Å². The van der Waals surface area contributed by atoms with Crippen LogP contribution in [0.15, 0.2) is 48.0 Å². The van der Waals surface area contributed by atoms with Crippen molar-refractivity contribution in [2.75, 3.05) is 6.61 Å². The van der Waals surface area contributed by atoms with Gasteiger partial charge >= 0.3 is 0 Å². The lowest BCUT2D eigenvalue weighted by Gasteiger charge is -2.22. The molecule has 0 aliphatic heterocycles. The predicted molar refractivity (Wildman–Crippen MR) is 117 cm³/mol. The van der Waals surface area contributed by atoms with Crippen LogP contribution in [0.1, 0.15) is 50.2 Å². The molecule has 5 nitrogen and oxygen atoms in total. The summed E-state index contributed by atoms with van der Waals surface area (Å²) in [5.41, 5.74) is 1.57. The van der Waals surface area contributed by atoms with E-state index in [9.17, 15) is 14.4 Å². The van der Waals surface area contributed by atoms with Crippen molar-refractivity contribution in [1.29, 1.82) is 5.26 Å². The minimum atomic E-state index is -0.344. The second-order valence-corrected chi connectivity index (χ2v) is 7.53. The van der Waals surface area contributed by atoms with Gasteiger partial charge in [-0.05, 0) is 61.2 Å². The monoisotopic (exact) mass is 422 g/mol. The topological polar surface area (TPSA) is 71.3 Å². The summed E-state index contributed by atoms with van der Waals surface area (Å²) in [6.45, 7) is 2.57. The van der Waals surface area contributed by atoms with Crippen LogP contribution in [0.2, 0.25) is 0 Å². The van der Waals surface area contributed by atoms with Gasteiger partial charge in [-0.15, -0.1) is 0 Å². The number of nitrogens with one attached hydrogen (secondary N) is 1. The van der Waals surface area contributed by atoms with Crippen molar-refractivity contribution in [1.82, 2.24) is 5.32 Å². The number of benzene rings is 2. The van der Waals surface area contributed by atoms with E-state index in [4.69, 9.17) is 9.47 Å². The van der Waals surface area contributed by atoms with Crippen LogP contribution in [-0.2, 0) is 11.4 Å². The van der Waals surface area contributed by atoms with Gasteiger partial charge in [-0.2, -0.15) is 5.26 Å². The van der Waals surface area contributed by atoms with Crippen molar-refractivity contribution in [2.45, 2.75) is 51.7 Å². The van der Waals surface area contributed by atoms with Crippen molar-refractivity contribution in [3.05, 3.63) is 65.0 Å². The van der Waals surface area contributed by atoms with Gasteiger partial charge in [0.25, 0.3) is 5.91 Å². The lowest BCUT2D eigenvalue weighted by Crippen LogP contribution is -2.36. The van der Waals surface area contributed by atoms with Crippen LogP contribution in [0.4, 0.5) is 4.39 Å². The molecule has 0 spiro atoms. The Morgan fingerprint density at radius 2 is 1.87 bits per heavy atom. The van der Waals surface area contributed by atoms with E-state index in [0.717, 1.165) is 31.2 Å². The molecule has 0 atom stereocenters. The highest BCUT2D eigenvalue weighted by atomic mass is 19.1. The molecule has 3 rings (SSSR count). The summed E-state index contributed by atoms with van der Waals surface area (Å²) in [4.78, 5) is 12.5. The Morgan fingerprint density at radius 3 is 2.55 bits per heavy atom. The quantitative estimate of drug-likeness (QED) is 0.471. The summed E-state index contributed by atoms with van der Waals surface area (Å²) in [7, 11) is 0. The number of carbonyl (C=O) groups is 1. The van der Waals surface area contributed by atoms with E-state index < -0.39 is 0 Å². The second-order valence-electron chi connectivity index (χ2n) is 7.53. The SMILES string of the molecule is CCOc1cc(/C=C(\C#N)C(=O)NC2CCCCC2)ccc1OCc1ccc(F)cc1. The van der Waals surface area contributed by atoms with Crippen molar-refractivity contribution < 1.29 is 18.7 Å². The lowest BCUT2D eigenvalue weighted by molar-refractivity contribution is -0.117. The fourth-order valence-corrected chi connectivity index (χ4v) is 3.57. The fraction of sp³-hybridized carbons (Fsp3) is 0.360. The molecule has 2 aromatic rings. The molecule has 1 fully saturated rings. The number of hydrogen-bond acceptors (Lipinski definition) is 4. The molecular weight excluding hydrogens is 395 g/mol. The molecule has 1 saturated carbocycles. The van der Waals surface area contributed by atoms with Crippen molar-refractivity contribution in [3.63, 3.8) is 0 Å². The average Bonchev–Trinajstić information content (AvgIpc) is 2.79. The Morgan fingerprint density at radius 1 is 1.13 bits per heavy atom. The van der Waals surface area contributed by atoms with E-state index in [1.54, 1.807) is 36.4 Å². The van der Waals surface area contributed by atoms with Gasteiger partial charge in [-0.1, -0.05) is 37.5 Å². The first kappa shape index (κ1) is 22.4. The molecular formula is C25H27FN2O3. The molecule has 0 unspecified atom stereocenters. The number of carbonyl (C=O) groups excluding carboxylic acids is 1. The second kappa shape index (κ2) is 11.2. The van der Waals surface area contributed by atoms with E-state index in [2.05, 4.69) is 5.32 Å². The molecule has 31 heavy (non-hydrogen) atoms. The van der Waals surface area contributed by atoms with Gasteiger partial charge in [0.05, 0.1) is 6.61 Å². The molecule has 0 aromatic heterocycles. The summed E-state index contributed by atoms with van der Waals surface area (Å²) in [6.07, 6.45) is 6.88. The lowest BCUT2D eigenvalue weighted by atomic mass is 9.95. The highest BCUT2D eigenvalue weighted by molar-refractivity contribution is 6.01. The first-order valence-corrected chi connectivity index (χ1v) is 10.7. The molecule has 2 aromatic carbocycles. The summed E-state index contributed by atoms with van der Waals surface area (Å²) in [5, 5.41) is 12.5. The van der Waals surface area contributed by atoms with E-state index in [1.165, 1.54) is 18.6 Å². The van der Waals surface area contributed by atoms with Crippen LogP contribution >= 0.6 is 0 Å². The first-order valence-electron chi connectivity index (χ1n) is 10.7. The van der Waals surface area contributed by atoms with Gasteiger partial charge in [-0.3, -0.25) is 4.79 Å². The Balaban J connectivity index is 1.72. The number of amides is 1. The van der Waals surface area contributed by atoms with E-state index in [0.29, 0.717) is 23.7 Å². The van der Waals surface area contributed by atoms with Crippen LogP contribution in [0.25, 0.3) is 6.08 Å². The zero-order valence-corrected chi connectivity index (χ0v) is 17.7. The minimum Gasteiger partial charge on any atom is -0.490 e. The van der Waals surface area contributed by atoms with E-state index in [-0.39, 0.29) is 29.9 Å². The normalized spacial score (nSPS) is 14.5. The zero-order chi connectivity index (χ0) is 22.1. The Hall–Kier alpha value is -3.33. The highest BCUT2D eigenvalue weighted by Gasteiger charge is 2.18. The average molecular weight is 423 g/mol. The Bertz CT molecular complexity index is 958. The summed E-state index contributed by atoms with van der Waals surface area (Å²) < 4.78 is 24.6. The van der Waals surface area contributed by atoms with Gasteiger partial charge in [0.2, 0.25) is 0 Å². The molecule has 1 N–H and O–H groups in total. The van der Waals surface area contributed by atoms with Crippen LogP contribution in [0, 0.1) is 17.1 Å². The molecule has 0 bridgehead atoms. The molecule has 0 radical (unpaired) electrons. The smallest absolute Gasteiger partial charge is 0.262 e. The van der Waals surface area contributed by atoms with Gasteiger partial charge in [0, 0.05) is 6.04 Å². The van der Waals surface area contributed by atoms with Gasteiger partial charge in [0.1, 0.15) is 24.1 Å². The predicted octanol–water partition coefficient (Wildman–Crippen LogP) is 5.16. The van der Waals surface area contributed by atoms with Gasteiger partial charge in [-0.25, -0.2) is 4.39 Å². The maximum absolute atomic E-state index is 13.1. The zero-order valence-electron chi connectivity index (χ0n) is 17.7. The van der Waals surface area contributed by atoms with Crippen LogP contribution in [0.5, 0.6) is 11.5 Å². The van der Waals surface area contributed by atoms with Gasteiger partial charge < -0.3 is 14.8 Å². The molecule has 0 heterocycles. The highest BCUT2D eigenvalue weighted by Crippen LogP contribution is 2.30. The van der Waals surface area contributed by atoms with Crippen molar-refractivity contribution >= 4 is 12.0 Å². The fourth-order valence-electron chi connectivity index (χ4n) is 3.57. The maximum atomic E-state index is 13.1. The number of nitrogens with zero attached hydrogens (tertiary/aromatic N) is 1. The minimum absolute atomic E-state index is 0.0630. The summed E-state index contributed by atoms with van der Waals surface area (Å²) in [6, 6.07) is 13.5. The molecule has 1 aliphatic rings. The first-order chi connectivity index (χ1) is 15.1. The number of hydrogen-bond donors (Lipinski definition) is 1. The van der Waals surface area contributed by atoms with Crippen LogP contribution in [-0.4, -0.2) is 18.6 Å². The Labute approximate surface area is 182 Å². The third kappa shape index (κ3) is 6.58. The summed E-state index contributed by atoms with van der Waals surface area (Å²) >= 11 is 0. The number of nitriles is 1. The third-order valence-corrected chi connectivity index (χ3v) is 5.19. The van der Waals surface area contributed by atoms with Crippen LogP contribution in [0.3, 0.4) is 0 Å².